The second kappa shape index (κ2) is 5.58. The third kappa shape index (κ3) is 2.27. The molecule has 2 N–H and O–H groups in total. The minimum absolute atomic E-state index is 0.0509. The van der Waals surface area contributed by atoms with Gasteiger partial charge in [-0.15, -0.1) is 0 Å². The predicted molar refractivity (Wildman–Crippen MR) is 88.2 cm³/mol. The number of hydrogen-bond acceptors (Lipinski definition) is 5. The van der Waals surface area contributed by atoms with E-state index in [4.69, 9.17) is 0 Å². The Bertz CT molecular complexity index is 806. The summed E-state index contributed by atoms with van der Waals surface area (Å²) in [6.45, 7) is 0. The summed E-state index contributed by atoms with van der Waals surface area (Å²) in [7, 11) is 0. The Hall–Kier alpha value is -2.43. The fourth-order valence-corrected chi connectivity index (χ4v) is 4.19. The van der Waals surface area contributed by atoms with Gasteiger partial charge in [-0.05, 0) is 43.4 Å². The average molecular weight is 325 g/mol. The highest BCUT2D eigenvalue weighted by atomic mass is 16.3. The highest BCUT2D eigenvalue weighted by Gasteiger charge is 2.44. The first kappa shape index (κ1) is 15.1. The van der Waals surface area contributed by atoms with Gasteiger partial charge in [-0.3, -0.25) is 14.6 Å². The molecule has 1 heterocycles. The topological polar surface area (TPSA) is 87.0 Å². The van der Waals surface area contributed by atoms with Gasteiger partial charge in [0.15, 0.2) is 17.3 Å². The van der Waals surface area contributed by atoms with Crippen LogP contribution in [0, 0.1) is 5.92 Å². The van der Waals surface area contributed by atoms with E-state index in [0.717, 1.165) is 37.1 Å². The number of carbonyl (C=O) groups is 2. The van der Waals surface area contributed by atoms with Crippen LogP contribution in [0.15, 0.2) is 34.5 Å². The number of phenolic OH excluding ortho intramolecular Hbond substituents is 2. The van der Waals surface area contributed by atoms with Crippen molar-refractivity contribution in [2.45, 2.75) is 44.4 Å². The molecule has 4 rings (SSSR count). The number of nitrogens with zero attached hydrogens (tertiary/aromatic N) is 1. The van der Waals surface area contributed by atoms with Crippen LogP contribution in [0.5, 0.6) is 11.5 Å². The van der Waals surface area contributed by atoms with Crippen molar-refractivity contribution in [1.29, 1.82) is 0 Å². The van der Waals surface area contributed by atoms with Crippen LogP contribution in [-0.4, -0.2) is 27.5 Å². The van der Waals surface area contributed by atoms with E-state index in [1.165, 1.54) is 12.1 Å². The van der Waals surface area contributed by atoms with Gasteiger partial charge in [-0.2, -0.15) is 0 Å². The van der Waals surface area contributed by atoms with Crippen LogP contribution in [-0.2, 0) is 9.59 Å². The molecule has 5 heteroatoms. The van der Waals surface area contributed by atoms with Crippen molar-refractivity contribution in [1.82, 2.24) is 0 Å². The van der Waals surface area contributed by atoms with Gasteiger partial charge >= 0.3 is 0 Å². The maximum atomic E-state index is 12.6. The Labute approximate surface area is 139 Å². The van der Waals surface area contributed by atoms with E-state index < -0.39 is 5.92 Å². The van der Waals surface area contributed by atoms with E-state index >= 15 is 0 Å². The van der Waals surface area contributed by atoms with Crippen LogP contribution < -0.4 is 0 Å². The van der Waals surface area contributed by atoms with E-state index in [1.54, 1.807) is 6.07 Å². The lowest BCUT2D eigenvalue weighted by molar-refractivity contribution is -0.122. The van der Waals surface area contributed by atoms with Gasteiger partial charge in [0.05, 0.1) is 5.92 Å². The van der Waals surface area contributed by atoms with Gasteiger partial charge in [-0.25, -0.2) is 0 Å². The molecule has 3 aliphatic rings. The van der Waals surface area contributed by atoms with Crippen molar-refractivity contribution in [3.63, 3.8) is 0 Å². The molecule has 0 amide bonds. The number of fused-ring (bicyclic) bond motifs is 1. The van der Waals surface area contributed by atoms with E-state index in [9.17, 15) is 19.8 Å². The van der Waals surface area contributed by atoms with Crippen LogP contribution in [0.1, 0.15) is 50.0 Å². The summed E-state index contributed by atoms with van der Waals surface area (Å²) in [5.74, 6) is -1.08. The molecule has 2 atom stereocenters. The number of aliphatic imine (C=N–C) groups is 1. The van der Waals surface area contributed by atoms with Crippen LogP contribution in [0.3, 0.4) is 0 Å². The Morgan fingerprint density at radius 2 is 1.71 bits per heavy atom. The predicted octanol–water partition coefficient (Wildman–Crippen LogP) is 3.01. The van der Waals surface area contributed by atoms with E-state index in [1.807, 2.05) is 0 Å². The molecule has 1 aromatic rings. The van der Waals surface area contributed by atoms with Crippen LogP contribution in [0.25, 0.3) is 0 Å². The van der Waals surface area contributed by atoms with E-state index in [2.05, 4.69) is 4.99 Å². The van der Waals surface area contributed by atoms with Crippen LogP contribution >= 0.6 is 0 Å². The monoisotopic (exact) mass is 325 g/mol. The maximum absolute atomic E-state index is 12.6. The summed E-state index contributed by atoms with van der Waals surface area (Å²) in [5, 5.41) is 19.5. The molecular weight excluding hydrogens is 306 g/mol. The minimum Gasteiger partial charge on any atom is -0.504 e. The van der Waals surface area contributed by atoms with E-state index in [0.29, 0.717) is 24.0 Å². The molecule has 0 spiro atoms. The molecule has 0 aromatic heterocycles. The number of rotatable bonds is 1. The molecule has 0 saturated heterocycles. The lowest BCUT2D eigenvalue weighted by atomic mass is 9.67. The summed E-state index contributed by atoms with van der Waals surface area (Å²) in [6.07, 6.45) is 4.11. The number of benzene rings is 1. The van der Waals surface area contributed by atoms with Gasteiger partial charge in [0.1, 0.15) is 5.78 Å². The number of hydrogen-bond donors (Lipinski definition) is 2. The second-order valence-corrected chi connectivity index (χ2v) is 6.76. The number of Topliss-reactive ketones (excluding diaryl/α,β-unsaturated/α-hetero) is 2. The van der Waals surface area contributed by atoms with Crippen molar-refractivity contribution >= 4 is 17.3 Å². The van der Waals surface area contributed by atoms with Gasteiger partial charge < -0.3 is 10.2 Å². The number of phenols is 2. The summed E-state index contributed by atoms with van der Waals surface area (Å²) in [5.41, 5.74) is 3.01. The average Bonchev–Trinajstić information content (AvgIpc) is 2.56. The fourth-order valence-electron chi connectivity index (χ4n) is 4.19. The molecule has 5 nitrogen and oxygen atoms in total. The molecule has 1 saturated carbocycles. The summed E-state index contributed by atoms with van der Waals surface area (Å²) in [4.78, 5) is 29.9. The Morgan fingerprint density at radius 1 is 0.917 bits per heavy atom. The highest BCUT2D eigenvalue weighted by molar-refractivity contribution is 6.12. The molecule has 1 aliphatic heterocycles. The molecule has 0 bridgehead atoms. The molecular formula is C19H19NO4. The number of allylic oxidation sites excluding steroid dienone is 2. The maximum Gasteiger partial charge on any atom is 0.161 e. The summed E-state index contributed by atoms with van der Waals surface area (Å²) >= 11 is 0. The molecule has 24 heavy (non-hydrogen) atoms. The van der Waals surface area contributed by atoms with Gasteiger partial charge in [0.25, 0.3) is 0 Å². The third-order valence-corrected chi connectivity index (χ3v) is 5.27. The molecule has 124 valence electrons. The normalized spacial score (nSPS) is 26.8. The van der Waals surface area contributed by atoms with Gasteiger partial charge in [-0.1, -0.05) is 6.07 Å². The van der Waals surface area contributed by atoms with Crippen molar-refractivity contribution in [2.75, 3.05) is 0 Å². The standard InChI is InChI=1S/C19H19NO4/c21-13-8-7-10(9-16(13)24)17-18-11(3-1-5-14(18)22)20-12-4-2-6-15(23)19(12)17/h7-9,17-18,21,24H,1-6H2/t17-,18?/m1/s1. The van der Waals surface area contributed by atoms with Crippen LogP contribution in [0.4, 0.5) is 0 Å². The van der Waals surface area contributed by atoms with Gasteiger partial charge in [0, 0.05) is 35.7 Å². The molecule has 1 unspecified atom stereocenters. The van der Waals surface area contributed by atoms with Crippen LogP contribution in [0.2, 0.25) is 0 Å². The third-order valence-electron chi connectivity index (χ3n) is 5.27. The van der Waals surface area contributed by atoms with E-state index in [-0.39, 0.29) is 29.0 Å². The summed E-state index contributed by atoms with van der Waals surface area (Å²) < 4.78 is 0. The number of aromatic hydroxyl groups is 2. The fraction of sp³-hybridized carbons (Fsp3) is 0.421. The van der Waals surface area contributed by atoms with Crippen molar-refractivity contribution in [2.24, 2.45) is 10.9 Å². The Balaban J connectivity index is 1.91. The number of ketones is 2. The minimum atomic E-state index is -0.413. The van der Waals surface area contributed by atoms with Crippen molar-refractivity contribution in [3.8, 4) is 11.5 Å². The first-order chi connectivity index (χ1) is 11.6. The lowest BCUT2D eigenvalue weighted by Crippen LogP contribution is -2.39. The SMILES string of the molecule is O=C1CCCC2=C1[C@H](c1ccc(O)c(O)c1)C1C(=O)CCCC1=N2. The quantitative estimate of drug-likeness (QED) is 0.777. The van der Waals surface area contributed by atoms with Crippen molar-refractivity contribution < 1.29 is 19.8 Å². The first-order valence-electron chi connectivity index (χ1n) is 8.44. The largest absolute Gasteiger partial charge is 0.504 e. The zero-order valence-corrected chi connectivity index (χ0v) is 13.3. The number of carbonyl (C=O) groups excluding carboxylic acids is 2. The zero-order chi connectivity index (χ0) is 16.8. The zero-order valence-electron chi connectivity index (χ0n) is 13.3. The molecule has 1 aromatic carbocycles. The smallest absolute Gasteiger partial charge is 0.161 e. The lowest BCUT2D eigenvalue weighted by Gasteiger charge is -2.37. The highest BCUT2D eigenvalue weighted by Crippen LogP contribution is 2.47. The molecule has 0 radical (unpaired) electrons. The van der Waals surface area contributed by atoms with Crippen molar-refractivity contribution in [3.05, 3.63) is 35.0 Å². The first-order valence-corrected chi connectivity index (χ1v) is 8.44. The molecule has 1 fully saturated rings. The Morgan fingerprint density at radius 3 is 2.50 bits per heavy atom. The van der Waals surface area contributed by atoms with Gasteiger partial charge in [0.2, 0.25) is 0 Å². The Kier molecular flexibility index (Phi) is 3.52. The second-order valence-electron chi connectivity index (χ2n) is 6.76. The summed E-state index contributed by atoms with van der Waals surface area (Å²) in [6, 6.07) is 4.57. The molecule has 2 aliphatic carbocycles.